The van der Waals surface area contributed by atoms with E-state index in [9.17, 15) is 9.59 Å². The Morgan fingerprint density at radius 2 is 1.57 bits per heavy atom. The summed E-state index contributed by atoms with van der Waals surface area (Å²) in [4.78, 5) is 25.0. The fraction of sp³-hybridized carbons (Fsp3) is 0.348. The molecule has 2 N–H and O–H groups in total. The second-order valence-corrected chi connectivity index (χ2v) is 7.34. The summed E-state index contributed by atoms with van der Waals surface area (Å²) in [5.74, 6) is -0.162. The number of anilines is 1. The molecular formula is C23H25N3O2. The first-order valence-electron chi connectivity index (χ1n) is 9.70. The van der Waals surface area contributed by atoms with Crippen LogP contribution < -0.4 is 10.6 Å². The first-order chi connectivity index (χ1) is 13.6. The molecule has 0 unspecified atom stereocenters. The van der Waals surface area contributed by atoms with Gasteiger partial charge in [0.1, 0.15) is 6.07 Å². The van der Waals surface area contributed by atoms with Crippen molar-refractivity contribution in [2.75, 3.05) is 5.32 Å². The Balaban J connectivity index is 1.48. The lowest BCUT2D eigenvalue weighted by Crippen LogP contribution is -2.35. The Hall–Kier alpha value is -3.13. The van der Waals surface area contributed by atoms with Gasteiger partial charge in [0.2, 0.25) is 11.8 Å². The number of hydrogen-bond acceptors (Lipinski definition) is 3. The zero-order chi connectivity index (χ0) is 19.9. The normalized spacial score (nSPS) is 18.7. The second kappa shape index (κ2) is 9.18. The lowest BCUT2D eigenvalue weighted by molar-refractivity contribution is -0.128. The highest BCUT2D eigenvalue weighted by atomic mass is 16.2. The standard InChI is InChI=1S/C23H25N3O2/c1-16-6-2-3-8-20(16)15-25-22(27)17-10-12-18(13-11-17)23(28)26-21-9-5-4-7-19(21)14-24/h2-9,17-18H,10-13,15H2,1H3,(H,25,27)(H,26,28). The van der Waals surface area contributed by atoms with Crippen LogP contribution in [0.2, 0.25) is 0 Å². The van der Waals surface area contributed by atoms with Gasteiger partial charge in [0.15, 0.2) is 0 Å². The Morgan fingerprint density at radius 3 is 2.25 bits per heavy atom. The number of amides is 2. The van der Waals surface area contributed by atoms with E-state index in [-0.39, 0.29) is 23.7 Å². The van der Waals surface area contributed by atoms with Gasteiger partial charge in [0.25, 0.3) is 0 Å². The minimum Gasteiger partial charge on any atom is -0.352 e. The molecule has 0 atom stereocenters. The van der Waals surface area contributed by atoms with Crippen LogP contribution in [0.15, 0.2) is 48.5 Å². The summed E-state index contributed by atoms with van der Waals surface area (Å²) in [6.45, 7) is 2.58. The predicted molar refractivity (Wildman–Crippen MR) is 108 cm³/mol. The van der Waals surface area contributed by atoms with Crippen molar-refractivity contribution in [1.82, 2.24) is 5.32 Å². The van der Waals surface area contributed by atoms with Gasteiger partial charge < -0.3 is 10.6 Å². The third kappa shape index (κ3) is 4.77. The number of hydrogen-bond donors (Lipinski definition) is 2. The number of para-hydroxylation sites is 1. The van der Waals surface area contributed by atoms with Crippen LogP contribution in [0.3, 0.4) is 0 Å². The predicted octanol–water partition coefficient (Wildman–Crippen LogP) is 3.93. The zero-order valence-electron chi connectivity index (χ0n) is 16.1. The summed E-state index contributed by atoms with van der Waals surface area (Å²) in [7, 11) is 0. The number of carbonyl (C=O) groups excluding carboxylic acids is 2. The van der Waals surface area contributed by atoms with Crippen LogP contribution in [-0.4, -0.2) is 11.8 Å². The van der Waals surface area contributed by atoms with E-state index in [1.807, 2.05) is 31.2 Å². The Kier molecular flexibility index (Phi) is 6.44. The van der Waals surface area contributed by atoms with Crippen molar-refractivity contribution in [3.8, 4) is 6.07 Å². The van der Waals surface area contributed by atoms with Crippen LogP contribution in [0.25, 0.3) is 0 Å². The Labute approximate surface area is 165 Å². The number of nitrogens with one attached hydrogen (secondary N) is 2. The van der Waals surface area contributed by atoms with Crippen LogP contribution in [0.5, 0.6) is 0 Å². The lowest BCUT2D eigenvalue weighted by Gasteiger charge is -2.27. The number of nitrogens with zero attached hydrogens (tertiary/aromatic N) is 1. The van der Waals surface area contributed by atoms with Crippen LogP contribution in [-0.2, 0) is 16.1 Å². The van der Waals surface area contributed by atoms with E-state index in [1.165, 1.54) is 5.56 Å². The van der Waals surface area contributed by atoms with E-state index in [0.29, 0.717) is 43.5 Å². The highest BCUT2D eigenvalue weighted by molar-refractivity contribution is 5.94. The maximum Gasteiger partial charge on any atom is 0.227 e. The first-order valence-corrected chi connectivity index (χ1v) is 9.70. The van der Waals surface area contributed by atoms with Crippen molar-refractivity contribution >= 4 is 17.5 Å². The number of carbonyl (C=O) groups is 2. The maximum absolute atomic E-state index is 12.5. The van der Waals surface area contributed by atoms with E-state index >= 15 is 0 Å². The smallest absolute Gasteiger partial charge is 0.227 e. The Morgan fingerprint density at radius 1 is 0.964 bits per heavy atom. The van der Waals surface area contributed by atoms with E-state index < -0.39 is 0 Å². The average molecular weight is 375 g/mol. The van der Waals surface area contributed by atoms with Gasteiger partial charge in [-0.05, 0) is 55.9 Å². The van der Waals surface area contributed by atoms with Crippen LogP contribution >= 0.6 is 0 Å². The molecule has 0 spiro atoms. The monoisotopic (exact) mass is 375 g/mol. The van der Waals surface area contributed by atoms with Crippen molar-refractivity contribution in [2.24, 2.45) is 11.8 Å². The number of aryl methyl sites for hydroxylation is 1. The number of nitriles is 1. The third-order valence-electron chi connectivity index (χ3n) is 5.49. The fourth-order valence-electron chi connectivity index (χ4n) is 3.68. The zero-order valence-corrected chi connectivity index (χ0v) is 16.1. The molecule has 2 aromatic carbocycles. The molecule has 1 aliphatic carbocycles. The fourth-order valence-corrected chi connectivity index (χ4v) is 3.68. The molecule has 3 rings (SSSR count). The van der Waals surface area contributed by atoms with Gasteiger partial charge in [0, 0.05) is 18.4 Å². The SMILES string of the molecule is Cc1ccccc1CNC(=O)C1CCC(C(=O)Nc2ccccc2C#N)CC1. The van der Waals surface area contributed by atoms with Gasteiger partial charge in [-0.2, -0.15) is 5.26 Å². The molecule has 0 aliphatic heterocycles. The highest BCUT2D eigenvalue weighted by Gasteiger charge is 2.30. The summed E-state index contributed by atoms with van der Waals surface area (Å²) in [5, 5.41) is 15.0. The van der Waals surface area contributed by atoms with E-state index in [4.69, 9.17) is 5.26 Å². The first kappa shape index (κ1) is 19.6. The molecule has 28 heavy (non-hydrogen) atoms. The molecule has 0 heterocycles. The van der Waals surface area contributed by atoms with Crippen LogP contribution in [0.4, 0.5) is 5.69 Å². The minimum absolute atomic E-state index is 0.0422. The summed E-state index contributed by atoms with van der Waals surface area (Å²) in [5.41, 5.74) is 3.30. The molecule has 0 radical (unpaired) electrons. The molecule has 0 saturated heterocycles. The summed E-state index contributed by atoms with van der Waals surface area (Å²) < 4.78 is 0. The number of benzene rings is 2. The molecule has 0 bridgehead atoms. The van der Waals surface area contributed by atoms with Gasteiger partial charge in [-0.25, -0.2) is 0 Å². The molecule has 1 fully saturated rings. The topological polar surface area (TPSA) is 82.0 Å². The lowest BCUT2D eigenvalue weighted by atomic mass is 9.81. The third-order valence-corrected chi connectivity index (χ3v) is 5.49. The molecular weight excluding hydrogens is 350 g/mol. The maximum atomic E-state index is 12.5. The van der Waals surface area contributed by atoms with E-state index in [0.717, 1.165) is 5.56 Å². The molecule has 5 heteroatoms. The molecule has 5 nitrogen and oxygen atoms in total. The van der Waals surface area contributed by atoms with Gasteiger partial charge >= 0.3 is 0 Å². The molecule has 1 aliphatic rings. The van der Waals surface area contributed by atoms with Crippen LogP contribution in [0, 0.1) is 30.1 Å². The van der Waals surface area contributed by atoms with Crippen molar-refractivity contribution in [3.05, 3.63) is 65.2 Å². The quantitative estimate of drug-likeness (QED) is 0.831. The summed E-state index contributed by atoms with van der Waals surface area (Å²) in [6, 6.07) is 17.1. The summed E-state index contributed by atoms with van der Waals surface area (Å²) >= 11 is 0. The van der Waals surface area contributed by atoms with Crippen molar-refractivity contribution in [3.63, 3.8) is 0 Å². The van der Waals surface area contributed by atoms with Gasteiger partial charge in [-0.15, -0.1) is 0 Å². The van der Waals surface area contributed by atoms with Gasteiger partial charge in [-0.3, -0.25) is 9.59 Å². The van der Waals surface area contributed by atoms with Crippen LogP contribution in [0.1, 0.15) is 42.4 Å². The van der Waals surface area contributed by atoms with Gasteiger partial charge in [0.05, 0.1) is 11.3 Å². The second-order valence-electron chi connectivity index (χ2n) is 7.34. The highest BCUT2D eigenvalue weighted by Crippen LogP contribution is 2.30. The van der Waals surface area contributed by atoms with Crippen molar-refractivity contribution < 1.29 is 9.59 Å². The number of rotatable bonds is 5. The average Bonchev–Trinajstić information content (AvgIpc) is 2.73. The molecule has 2 amide bonds. The van der Waals surface area contributed by atoms with E-state index in [2.05, 4.69) is 16.7 Å². The molecule has 0 aromatic heterocycles. The van der Waals surface area contributed by atoms with Crippen molar-refractivity contribution in [2.45, 2.75) is 39.2 Å². The summed E-state index contributed by atoms with van der Waals surface area (Å²) in [6.07, 6.45) is 2.78. The van der Waals surface area contributed by atoms with Crippen molar-refractivity contribution in [1.29, 1.82) is 5.26 Å². The molecule has 1 saturated carbocycles. The van der Waals surface area contributed by atoms with Gasteiger partial charge in [-0.1, -0.05) is 36.4 Å². The Bertz CT molecular complexity index is 893. The van der Waals surface area contributed by atoms with E-state index in [1.54, 1.807) is 24.3 Å². The minimum atomic E-state index is -0.118. The molecule has 144 valence electrons. The molecule has 2 aromatic rings. The largest absolute Gasteiger partial charge is 0.352 e.